The van der Waals surface area contributed by atoms with Crippen LogP contribution in [-0.4, -0.2) is 34.1 Å². The lowest BCUT2D eigenvalue weighted by Crippen LogP contribution is -2.28. The molecule has 0 amide bonds. The summed E-state index contributed by atoms with van der Waals surface area (Å²) in [5, 5.41) is 3.07. The molecule has 19 heavy (non-hydrogen) atoms. The van der Waals surface area contributed by atoms with Crippen LogP contribution in [0.15, 0.2) is 16.6 Å². The van der Waals surface area contributed by atoms with Crippen molar-refractivity contribution in [2.75, 3.05) is 25.7 Å². The molecule has 1 rings (SSSR count). The molecule has 0 spiro atoms. The molecule has 1 aromatic carbocycles. The first-order valence-corrected chi connectivity index (χ1v) is 8.58. The number of nitrogens with one attached hydrogen (secondary N) is 1. The number of rotatable bonds is 6. The topological polar surface area (TPSA) is 55.4 Å². The first-order valence-electron chi connectivity index (χ1n) is 5.72. The molecule has 0 aliphatic rings. The molecule has 7 heteroatoms. The number of ether oxygens (including phenoxy) is 1. The molecule has 0 fully saturated rings. The van der Waals surface area contributed by atoms with Gasteiger partial charge in [0.25, 0.3) is 0 Å². The molecule has 0 heterocycles. The molecular weight excluding hydrogens is 337 g/mol. The highest BCUT2D eigenvalue weighted by atomic mass is 79.9. The third-order valence-corrected chi connectivity index (χ3v) is 4.11. The Balaban J connectivity index is 3.25. The van der Waals surface area contributed by atoms with Crippen LogP contribution in [0.1, 0.15) is 18.5 Å². The summed E-state index contributed by atoms with van der Waals surface area (Å²) in [5.74, 6) is -0.194. The molecule has 1 aromatic rings. The molecule has 0 saturated heterocycles. The Morgan fingerprint density at radius 2 is 2.11 bits per heavy atom. The molecule has 0 aliphatic carbocycles. The van der Waals surface area contributed by atoms with Crippen LogP contribution in [0.3, 0.4) is 0 Å². The number of methoxy groups -OCH3 is 1. The van der Waals surface area contributed by atoms with E-state index in [0.29, 0.717) is 17.9 Å². The second kappa shape index (κ2) is 6.67. The van der Waals surface area contributed by atoms with Crippen molar-refractivity contribution in [2.45, 2.75) is 13.0 Å². The summed E-state index contributed by atoms with van der Waals surface area (Å²) in [4.78, 5) is 0. The zero-order chi connectivity index (χ0) is 14.6. The average Bonchev–Trinajstić information content (AvgIpc) is 2.30. The lowest BCUT2D eigenvalue weighted by Gasteiger charge is -2.20. The molecule has 0 bridgehead atoms. The lowest BCUT2D eigenvalue weighted by molar-refractivity contribution is 0.398. The minimum absolute atomic E-state index is 0.0741. The maximum Gasteiger partial charge on any atom is 0.149 e. The summed E-state index contributed by atoms with van der Waals surface area (Å²) in [6.45, 7) is 2.47. The molecule has 0 aliphatic heterocycles. The van der Waals surface area contributed by atoms with Crippen molar-refractivity contribution < 1.29 is 17.5 Å². The SMILES string of the molecule is CCNC(CS(C)(=O)=O)c1cc(Br)c(F)cc1OC. The Morgan fingerprint density at radius 3 is 2.58 bits per heavy atom. The average molecular weight is 354 g/mol. The van der Waals surface area contributed by atoms with Crippen molar-refractivity contribution >= 4 is 25.8 Å². The quantitative estimate of drug-likeness (QED) is 0.852. The number of halogens is 2. The third kappa shape index (κ3) is 4.74. The summed E-state index contributed by atoms with van der Waals surface area (Å²) in [6.07, 6.45) is 1.17. The van der Waals surface area contributed by atoms with Crippen LogP contribution < -0.4 is 10.1 Å². The zero-order valence-corrected chi connectivity index (χ0v) is 13.4. The van der Waals surface area contributed by atoms with Gasteiger partial charge in [-0.1, -0.05) is 6.92 Å². The van der Waals surface area contributed by atoms with Crippen LogP contribution in [0.4, 0.5) is 4.39 Å². The van der Waals surface area contributed by atoms with Gasteiger partial charge in [0.1, 0.15) is 21.4 Å². The Morgan fingerprint density at radius 1 is 1.47 bits per heavy atom. The van der Waals surface area contributed by atoms with Crippen LogP contribution in [0.25, 0.3) is 0 Å². The van der Waals surface area contributed by atoms with Gasteiger partial charge < -0.3 is 10.1 Å². The lowest BCUT2D eigenvalue weighted by atomic mass is 10.1. The fraction of sp³-hybridized carbons (Fsp3) is 0.500. The van der Waals surface area contributed by atoms with Crippen molar-refractivity contribution in [3.05, 3.63) is 28.0 Å². The molecule has 0 aromatic heterocycles. The molecule has 1 N–H and O–H groups in total. The van der Waals surface area contributed by atoms with Gasteiger partial charge >= 0.3 is 0 Å². The van der Waals surface area contributed by atoms with E-state index in [1.807, 2.05) is 6.92 Å². The van der Waals surface area contributed by atoms with Gasteiger partial charge in [-0.15, -0.1) is 0 Å². The van der Waals surface area contributed by atoms with E-state index in [0.717, 1.165) is 0 Å². The summed E-state index contributed by atoms with van der Waals surface area (Å²) < 4.78 is 41.8. The number of hydrogen-bond donors (Lipinski definition) is 1. The highest BCUT2D eigenvalue weighted by molar-refractivity contribution is 9.10. The standard InChI is InChI=1S/C12H17BrFNO3S/c1-4-15-11(7-19(3,16)17)8-5-9(13)10(14)6-12(8)18-2/h5-6,11,15H,4,7H2,1-3H3. The summed E-state index contributed by atoms with van der Waals surface area (Å²) in [7, 11) is -1.74. The predicted octanol–water partition coefficient (Wildman–Crippen LogP) is 2.29. The number of benzene rings is 1. The van der Waals surface area contributed by atoms with E-state index >= 15 is 0 Å². The Kier molecular flexibility index (Phi) is 5.76. The van der Waals surface area contributed by atoms with Gasteiger partial charge in [-0.3, -0.25) is 0 Å². The van der Waals surface area contributed by atoms with Crippen molar-refractivity contribution in [3.8, 4) is 5.75 Å². The number of hydrogen-bond acceptors (Lipinski definition) is 4. The first-order chi connectivity index (χ1) is 8.78. The van der Waals surface area contributed by atoms with Gasteiger partial charge in [-0.05, 0) is 28.5 Å². The van der Waals surface area contributed by atoms with Crippen LogP contribution in [0.5, 0.6) is 5.75 Å². The summed E-state index contributed by atoms with van der Waals surface area (Å²) >= 11 is 3.10. The van der Waals surface area contributed by atoms with Gasteiger partial charge in [-0.2, -0.15) is 0 Å². The normalized spacial score (nSPS) is 13.3. The maximum atomic E-state index is 13.5. The van der Waals surface area contributed by atoms with Crippen LogP contribution >= 0.6 is 15.9 Å². The molecule has 108 valence electrons. The Labute approximate surface area is 121 Å². The van der Waals surface area contributed by atoms with Crippen molar-refractivity contribution in [2.24, 2.45) is 0 Å². The monoisotopic (exact) mass is 353 g/mol. The highest BCUT2D eigenvalue weighted by Gasteiger charge is 2.21. The largest absolute Gasteiger partial charge is 0.496 e. The zero-order valence-electron chi connectivity index (χ0n) is 11.0. The van der Waals surface area contributed by atoms with E-state index in [2.05, 4.69) is 21.2 Å². The Hall–Kier alpha value is -0.660. The summed E-state index contributed by atoms with van der Waals surface area (Å²) in [5.41, 5.74) is 0.614. The minimum Gasteiger partial charge on any atom is -0.496 e. The van der Waals surface area contributed by atoms with Gasteiger partial charge in [-0.25, -0.2) is 12.8 Å². The molecule has 1 atom stereocenters. The van der Waals surface area contributed by atoms with Gasteiger partial charge in [0.15, 0.2) is 0 Å². The van der Waals surface area contributed by atoms with Gasteiger partial charge in [0.2, 0.25) is 0 Å². The smallest absolute Gasteiger partial charge is 0.149 e. The van der Waals surface area contributed by atoms with E-state index in [4.69, 9.17) is 4.74 Å². The molecular formula is C12H17BrFNO3S. The van der Waals surface area contributed by atoms with Crippen molar-refractivity contribution in [1.82, 2.24) is 5.32 Å². The molecule has 0 radical (unpaired) electrons. The van der Waals surface area contributed by atoms with E-state index in [-0.39, 0.29) is 10.2 Å². The maximum absolute atomic E-state index is 13.5. The van der Waals surface area contributed by atoms with E-state index < -0.39 is 21.7 Å². The second-order valence-corrected chi connectivity index (χ2v) is 7.25. The molecule has 1 unspecified atom stereocenters. The van der Waals surface area contributed by atoms with Gasteiger partial charge in [0, 0.05) is 23.9 Å². The van der Waals surface area contributed by atoms with Crippen molar-refractivity contribution in [1.29, 1.82) is 0 Å². The third-order valence-electron chi connectivity index (χ3n) is 2.57. The first kappa shape index (κ1) is 16.4. The van der Waals surface area contributed by atoms with Crippen molar-refractivity contribution in [3.63, 3.8) is 0 Å². The predicted molar refractivity (Wildman–Crippen MR) is 76.8 cm³/mol. The highest BCUT2D eigenvalue weighted by Crippen LogP contribution is 2.31. The minimum atomic E-state index is -3.17. The Bertz CT molecular complexity index is 548. The fourth-order valence-electron chi connectivity index (χ4n) is 1.80. The van der Waals surface area contributed by atoms with Crippen LogP contribution in [-0.2, 0) is 9.84 Å². The molecule has 0 saturated carbocycles. The second-order valence-electron chi connectivity index (χ2n) is 4.21. The van der Waals surface area contributed by atoms with E-state index in [1.54, 1.807) is 6.07 Å². The molecule has 4 nitrogen and oxygen atoms in total. The van der Waals surface area contributed by atoms with Crippen LogP contribution in [0, 0.1) is 5.82 Å². The van der Waals surface area contributed by atoms with E-state index in [9.17, 15) is 12.8 Å². The van der Waals surface area contributed by atoms with E-state index in [1.165, 1.54) is 19.4 Å². The number of sulfone groups is 1. The van der Waals surface area contributed by atoms with Crippen LogP contribution in [0.2, 0.25) is 0 Å². The van der Waals surface area contributed by atoms with Gasteiger partial charge in [0.05, 0.1) is 17.3 Å². The fourth-order valence-corrected chi connectivity index (χ4v) is 3.06. The summed E-state index contributed by atoms with van der Waals surface area (Å²) in [6, 6.07) is 2.35.